The van der Waals surface area contributed by atoms with Crippen molar-refractivity contribution in [1.82, 2.24) is 10.3 Å². The Morgan fingerprint density at radius 2 is 2.13 bits per heavy atom. The fourth-order valence-corrected chi connectivity index (χ4v) is 2.47. The molecule has 2 aromatic rings. The lowest BCUT2D eigenvalue weighted by molar-refractivity contribution is -0.122. The van der Waals surface area contributed by atoms with Crippen LogP contribution in [0, 0.1) is 19.7 Å². The zero-order chi connectivity index (χ0) is 17.0. The van der Waals surface area contributed by atoms with Gasteiger partial charge in [0.1, 0.15) is 22.9 Å². The second-order valence-electron chi connectivity index (χ2n) is 5.89. The first-order chi connectivity index (χ1) is 10.8. The van der Waals surface area contributed by atoms with Crippen molar-refractivity contribution in [2.75, 3.05) is 6.54 Å². The number of aliphatic hydroxyl groups is 1. The van der Waals surface area contributed by atoms with Crippen molar-refractivity contribution < 1.29 is 18.7 Å². The van der Waals surface area contributed by atoms with Gasteiger partial charge in [-0.1, -0.05) is 0 Å². The third-order valence-corrected chi connectivity index (χ3v) is 3.65. The van der Waals surface area contributed by atoms with Crippen LogP contribution in [0.1, 0.15) is 36.0 Å². The Balaban J connectivity index is 1.87. The smallest absolute Gasteiger partial charge is 0.220 e. The highest BCUT2D eigenvalue weighted by Crippen LogP contribution is 2.26. The fourth-order valence-electron chi connectivity index (χ4n) is 2.47. The van der Waals surface area contributed by atoms with E-state index in [0.717, 1.165) is 6.20 Å². The molecule has 0 spiro atoms. The predicted molar refractivity (Wildman–Crippen MR) is 83.3 cm³/mol. The lowest BCUT2D eigenvalue weighted by Gasteiger charge is -2.23. The normalized spacial score (nSPS) is 13.6. The summed E-state index contributed by atoms with van der Waals surface area (Å²) in [6.45, 7) is 5.28. The highest BCUT2D eigenvalue weighted by molar-refractivity contribution is 5.76. The molecular formula is C17H21FN2O3. The van der Waals surface area contributed by atoms with Crippen LogP contribution in [0.5, 0.6) is 0 Å². The first kappa shape index (κ1) is 17.1. The molecule has 6 heteroatoms. The number of halogens is 1. The number of aryl methyl sites for hydroxylation is 3. The van der Waals surface area contributed by atoms with Gasteiger partial charge in [0.2, 0.25) is 5.91 Å². The average molecular weight is 320 g/mol. The van der Waals surface area contributed by atoms with E-state index in [-0.39, 0.29) is 18.9 Å². The quantitative estimate of drug-likeness (QED) is 0.857. The summed E-state index contributed by atoms with van der Waals surface area (Å²) in [6.07, 6.45) is 3.24. The molecule has 2 N–H and O–H groups in total. The van der Waals surface area contributed by atoms with E-state index in [2.05, 4.69) is 10.3 Å². The fraction of sp³-hybridized carbons (Fsp3) is 0.412. The first-order valence-electron chi connectivity index (χ1n) is 7.44. The maximum atomic E-state index is 13.0. The van der Waals surface area contributed by atoms with E-state index in [4.69, 9.17) is 4.42 Å². The van der Waals surface area contributed by atoms with Gasteiger partial charge in [0.25, 0.3) is 0 Å². The molecule has 124 valence electrons. The van der Waals surface area contributed by atoms with E-state index >= 15 is 0 Å². The summed E-state index contributed by atoms with van der Waals surface area (Å²) in [5.74, 6) is 0.708. The van der Waals surface area contributed by atoms with Crippen molar-refractivity contribution >= 4 is 5.91 Å². The average Bonchev–Trinajstić information content (AvgIpc) is 2.83. The number of nitrogens with one attached hydrogen (secondary N) is 1. The third kappa shape index (κ3) is 4.63. The van der Waals surface area contributed by atoms with E-state index in [1.165, 1.54) is 12.3 Å². The number of furan rings is 1. The number of hydrogen-bond acceptors (Lipinski definition) is 4. The topological polar surface area (TPSA) is 75.4 Å². The minimum Gasteiger partial charge on any atom is -0.466 e. The van der Waals surface area contributed by atoms with Crippen molar-refractivity contribution in [3.8, 4) is 0 Å². The Morgan fingerprint density at radius 3 is 2.74 bits per heavy atom. The number of carbonyl (C=O) groups is 1. The molecule has 0 aromatic carbocycles. The predicted octanol–water partition coefficient (Wildman–Crippen LogP) is 2.39. The van der Waals surface area contributed by atoms with Crippen LogP contribution < -0.4 is 5.32 Å². The molecule has 0 fully saturated rings. The van der Waals surface area contributed by atoms with Gasteiger partial charge in [-0.2, -0.15) is 0 Å². The molecule has 0 radical (unpaired) electrons. The summed E-state index contributed by atoms with van der Waals surface area (Å²) in [5, 5.41) is 13.2. The molecule has 5 nitrogen and oxygen atoms in total. The van der Waals surface area contributed by atoms with Gasteiger partial charge >= 0.3 is 0 Å². The highest BCUT2D eigenvalue weighted by Gasteiger charge is 2.28. The van der Waals surface area contributed by atoms with E-state index in [1.807, 2.05) is 0 Å². The largest absolute Gasteiger partial charge is 0.466 e. The molecule has 23 heavy (non-hydrogen) atoms. The number of rotatable bonds is 6. The van der Waals surface area contributed by atoms with Gasteiger partial charge in [0, 0.05) is 18.2 Å². The zero-order valence-corrected chi connectivity index (χ0v) is 13.5. The Hall–Kier alpha value is -2.21. The van der Waals surface area contributed by atoms with Gasteiger partial charge in [-0.25, -0.2) is 4.39 Å². The monoisotopic (exact) mass is 320 g/mol. The van der Waals surface area contributed by atoms with Crippen LogP contribution in [-0.2, 0) is 16.8 Å². The summed E-state index contributed by atoms with van der Waals surface area (Å²) < 4.78 is 18.4. The van der Waals surface area contributed by atoms with Crippen molar-refractivity contribution in [1.29, 1.82) is 0 Å². The number of aromatic nitrogens is 1. The van der Waals surface area contributed by atoms with Gasteiger partial charge in [0.15, 0.2) is 0 Å². The second kappa shape index (κ2) is 6.91. The van der Waals surface area contributed by atoms with Crippen LogP contribution in [0.15, 0.2) is 28.9 Å². The number of carbonyl (C=O) groups excluding carboxylic acids is 1. The number of pyridine rings is 1. The molecule has 1 unspecified atom stereocenters. The molecule has 0 saturated carbocycles. The lowest BCUT2D eigenvalue weighted by Crippen LogP contribution is -2.38. The maximum absolute atomic E-state index is 13.0. The molecular weight excluding hydrogens is 299 g/mol. The summed E-state index contributed by atoms with van der Waals surface area (Å²) in [4.78, 5) is 15.7. The van der Waals surface area contributed by atoms with E-state index < -0.39 is 11.4 Å². The zero-order valence-electron chi connectivity index (χ0n) is 13.5. The van der Waals surface area contributed by atoms with E-state index in [9.17, 15) is 14.3 Å². The van der Waals surface area contributed by atoms with Crippen LogP contribution in [-0.4, -0.2) is 22.5 Å². The molecule has 1 atom stereocenters. The van der Waals surface area contributed by atoms with Gasteiger partial charge in [0.05, 0.1) is 12.7 Å². The van der Waals surface area contributed by atoms with Gasteiger partial charge < -0.3 is 14.8 Å². The standard InChI is InChI=1S/C17H21FN2O3/c1-11-6-15(12(2)23-11)17(3,22)10-20-16(21)5-4-13-7-14(18)9-19-8-13/h6-9,22H,4-5,10H2,1-3H3,(H,20,21). The minimum atomic E-state index is -1.21. The summed E-state index contributed by atoms with van der Waals surface area (Å²) in [7, 11) is 0. The molecule has 2 heterocycles. The third-order valence-electron chi connectivity index (χ3n) is 3.65. The van der Waals surface area contributed by atoms with E-state index in [0.29, 0.717) is 29.1 Å². The number of hydrogen-bond donors (Lipinski definition) is 2. The van der Waals surface area contributed by atoms with Gasteiger partial charge in [-0.05, 0) is 44.9 Å². The highest BCUT2D eigenvalue weighted by atomic mass is 19.1. The van der Waals surface area contributed by atoms with Crippen molar-refractivity contribution in [3.05, 3.63) is 53.0 Å². The summed E-state index contributed by atoms with van der Waals surface area (Å²) >= 11 is 0. The van der Waals surface area contributed by atoms with Gasteiger partial charge in [-0.3, -0.25) is 9.78 Å². The van der Waals surface area contributed by atoms with Crippen molar-refractivity contribution in [3.63, 3.8) is 0 Å². The number of nitrogens with zero attached hydrogens (tertiary/aromatic N) is 1. The Labute approximate surface area is 134 Å². The van der Waals surface area contributed by atoms with Crippen molar-refractivity contribution in [2.24, 2.45) is 0 Å². The molecule has 2 rings (SSSR count). The van der Waals surface area contributed by atoms with Crippen LogP contribution in [0.2, 0.25) is 0 Å². The molecule has 0 aliphatic heterocycles. The Bertz CT molecular complexity index is 695. The SMILES string of the molecule is Cc1cc(C(C)(O)CNC(=O)CCc2cncc(F)c2)c(C)o1. The first-order valence-corrected chi connectivity index (χ1v) is 7.44. The molecule has 0 saturated heterocycles. The lowest BCUT2D eigenvalue weighted by atomic mass is 9.96. The van der Waals surface area contributed by atoms with Crippen LogP contribution >= 0.6 is 0 Å². The van der Waals surface area contributed by atoms with Crippen LogP contribution in [0.3, 0.4) is 0 Å². The second-order valence-corrected chi connectivity index (χ2v) is 5.89. The summed E-state index contributed by atoms with van der Waals surface area (Å²) in [6, 6.07) is 3.12. The molecule has 0 bridgehead atoms. The van der Waals surface area contributed by atoms with Gasteiger partial charge in [-0.15, -0.1) is 0 Å². The van der Waals surface area contributed by atoms with Crippen molar-refractivity contribution in [2.45, 2.75) is 39.2 Å². The Morgan fingerprint density at radius 1 is 1.39 bits per heavy atom. The molecule has 2 aromatic heterocycles. The van der Waals surface area contributed by atoms with Crippen LogP contribution in [0.4, 0.5) is 4.39 Å². The summed E-state index contributed by atoms with van der Waals surface area (Å²) in [5.41, 5.74) is 0.107. The van der Waals surface area contributed by atoms with E-state index in [1.54, 1.807) is 26.8 Å². The molecule has 0 aliphatic carbocycles. The molecule has 1 amide bonds. The van der Waals surface area contributed by atoms with Crippen LogP contribution in [0.25, 0.3) is 0 Å². The molecule has 0 aliphatic rings. The minimum absolute atomic E-state index is 0.0764. The number of amides is 1. The Kier molecular flexibility index (Phi) is 5.15. The maximum Gasteiger partial charge on any atom is 0.220 e.